The fourth-order valence-electron chi connectivity index (χ4n) is 3.15. The van der Waals surface area contributed by atoms with E-state index in [0.29, 0.717) is 36.5 Å². The molecule has 7 heteroatoms. The van der Waals surface area contributed by atoms with Crippen molar-refractivity contribution in [3.63, 3.8) is 0 Å². The van der Waals surface area contributed by atoms with Crippen molar-refractivity contribution in [3.05, 3.63) is 18.2 Å². The van der Waals surface area contributed by atoms with Crippen LogP contribution in [-0.2, 0) is 10.0 Å². The molecule has 2 atom stereocenters. The molecule has 2 aliphatic heterocycles. The van der Waals surface area contributed by atoms with Gasteiger partial charge in [0.15, 0.2) is 11.5 Å². The van der Waals surface area contributed by atoms with Crippen molar-refractivity contribution < 1.29 is 17.9 Å². The minimum absolute atomic E-state index is 0.0761. The predicted octanol–water partition coefficient (Wildman–Crippen LogP) is 0.344. The molecule has 0 spiro atoms. The third-order valence-corrected chi connectivity index (χ3v) is 5.87. The standard InChI is InChI=1S/C14H18N2O4S/c17-21(18,16-14-10-7-15-8-11(10)14)9-2-3-12-13(6-9)20-5-1-4-19-12/h2-3,6,10-11,14-16H,1,4-5,7-8H2. The quantitative estimate of drug-likeness (QED) is 0.842. The summed E-state index contributed by atoms with van der Waals surface area (Å²) >= 11 is 0. The van der Waals surface area contributed by atoms with Gasteiger partial charge in [-0.1, -0.05) is 0 Å². The molecule has 1 aliphatic carbocycles. The molecule has 2 heterocycles. The zero-order valence-electron chi connectivity index (χ0n) is 11.5. The van der Waals surface area contributed by atoms with E-state index >= 15 is 0 Å². The van der Waals surface area contributed by atoms with Crippen molar-refractivity contribution in [2.75, 3.05) is 26.3 Å². The van der Waals surface area contributed by atoms with Crippen LogP contribution in [0.5, 0.6) is 11.5 Å². The van der Waals surface area contributed by atoms with E-state index in [-0.39, 0.29) is 10.9 Å². The number of nitrogens with one attached hydrogen (secondary N) is 2. The van der Waals surface area contributed by atoms with Crippen LogP contribution in [0.15, 0.2) is 23.1 Å². The average molecular weight is 310 g/mol. The van der Waals surface area contributed by atoms with Crippen LogP contribution in [0.3, 0.4) is 0 Å². The monoisotopic (exact) mass is 310 g/mol. The average Bonchev–Trinajstić information content (AvgIpc) is 2.95. The summed E-state index contributed by atoms with van der Waals surface area (Å²) in [5.74, 6) is 2.01. The van der Waals surface area contributed by atoms with Crippen molar-refractivity contribution in [2.24, 2.45) is 11.8 Å². The summed E-state index contributed by atoms with van der Waals surface area (Å²) in [4.78, 5) is 0.240. The lowest BCUT2D eigenvalue weighted by molar-refractivity contribution is 0.297. The highest BCUT2D eigenvalue weighted by Gasteiger charge is 2.54. The predicted molar refractivity (Wildman–Crippen MR) is 76.0 cm³/mol. The van der Waals surface area contributed by atoms with Gasteiger partial charge in [0.05, 0.1) is 18.1 Å². The second kappa shape index (κ2) is 4.86. The molecule has 4 rings (SSSR count). The summed E-state index contributed by atoms with van der Waals surface area (Å²) in [6.07, 6.45) is 0.799. The zero-order valence-corrected chi connectivity index (χ0v) is 12.4. The van der Waals surface area contributed by atoms with E-state index in [1.807, 2.05) is 0 Å². The number of rotatable bonds is 3. The molecule has 1 saturated heterocycles. The lowest BCUT2D eigenvalue weighted by atomic mass is 10.3. The summed E-state index contributed by atoms with van der Waals surface area (Å²) in [7, 11) is -3.50. The van der Waals surface area contributed by atoms with E-state index in [1.165, 1.54) is 0 Å². The van der Waals surface area contributed by atoms with Gasteiger partial charge >= 0.3 is 0 Å². The van der Waals surface area contributed by atoms with Crippen molar-refractivity contribution >= 4 is 10.0 Å². The van der Waals surface area contributed by atoms with E-state index in [2.05, 4.69) is 10.0 Å². The van der Waals surface area contributed by atoms with Crippen LogP contribution in [0.25, 0.3) is 0 Å². The van der Waals surface area contributed by atoms with Gasteiger partial charge < -0.3 is 14.8 Å². The summed E-state index contributed by atoms with van der Waals surface area (Å²) in [6, 6.07) is 4.88. The molecule has 0 aromatic heterocycles. The van der Waals surface area contributed by atoms with Crippen LogP contribution in [0, 0.1) is 11.8 Å². The first-order valence-electron chi connectivity index (χ1n) is 7.28. The second-order valence-corrected chi connectivity index (χ2v) is 7.51. The number of hydrogen-bond donors (Lipinski definition) is 2. The number of piperidine rings is 1. The van der Waals surface area contributed by atoms with Crippen molar-refractivity contribution in [3.8, 4) is 11.5 Å². The molecule has 1 aromatic rings. The Balaban J connectivity index is 1.56. The van der Waals surface area contributed by atoms with Crippen LogP contribution < -0.4 is 19.5 Å². The van der Waals surface area contributed by atoms with Gasteiger partial charge in [0.25, 0.3) is 0 Å². The Morgan fingerprint density at radius 2 is 1.81 bits per heavy atom. The molecule has 0 bridgehead atoms. The summed E-state index contributed by atoms with van der Waals surface area (Å²) in [5.41, 5.74) is 0. The number of fused-ring (bicyclic) bond motifs is 2. The van der Waals surface area contributed by atoms with Gasteiger partial charge in [0, 0.05) is 18.5 Å². The summed E-state index contributed by atoms with van der Waals surface area (Å²) in [5, 5.41) is 3.25. The van der Waals surface area contributed by atoms with Gasteiger partial charge in [0.2, 0.25) is 10.0 Å². The van der Waals surface area contributed by atoms with Crippen molar-refractivity contribution in [2.45, 2.75) is 17.4 Å². The Kier molecular flexibility index (Phi) is 3.09. The van der Waals surface area contributed by atoms with Crippen LogP contribution in [0.2, 0.25) is 0 Å². The Bertz CT molecular complexity index is 651. The Morgan fingerprint density at radius 3 is 2.57 bits per heavy atom. The maximum atomic E-state index is 12.5. The SMILES string of the molecule is O=S(=O)(NC1C2CNCC21)c1ccc2c(c1)OCCCO2. The molecule has 21 heavy (non-hydrogen) atoms. The van der Waals surface area contributed by atoms with Gasteiger partial charge in [-0.3, -0.25) is 0 Å². The summed E-state index contributed by atoms with van der Waals surface area (Å²) < 4.78 is 38.8. The molecule has 1 saturated carbocycles. The van der Waals surface area contributed by atoms with Crippen LogP contribution in [0.4, 0.5) is 0 Å². The highest BCUT2D eigenvalue weighted by molar-refractivity contribution is 7.89. The van der Waals surface area contributed by atoms with Gasteiger partial charge in [-0.05, 0) is 37.1 Å². The number of sulfonamides is 1. The van der Waals surface area contributed by atoms with Gasteiger partial charge in [0.1, 0.15) is 0 Å². The number of ether oxygens (including phenoxy) is 2. The lowest BCUT2D eigenvalue weighted by Gasteiger charge is -2.12. The molecule has 0 amide bonds. The molecule has 0 radical (unpaired) electrons. The first kappa shape index (κ1) is 13.4. The molecule has 114 valence electrons. The summed E-state index contributed by atoms with van der Waals surface area (Å²) in [6.45, 7) is 2.94. The van der Waals surface area contributed by atoms with Crippen molar-refractivity contribution in [1.82, 2.24) is 10.0 Å². The highest BCUT2D eigenvalue weighted by Crippen LogP contribution is 2.42. The lowest BCUT2D eigenvalue weighted by Crippen LogP contribution is -2.32. The van der Waals surface area contributed by atoms with E-state index in [9.17, 15) is 8.42 Å². The molecule has 2 fully saturated rings. The van der Waals surface area contributed by atoms with Gasteiger partial charge in [-0.25, -0.2) is 13.1 Å². The van der Waals surface area contributed by atoms with Gasteiger partial charge in [-0.2, -0.15) is 0 Å². The smallest absolute Gasteiger partial charge is 0.240 e. The highest BCUT2D eigenvalue weighted by atomic mass is 32.2. The minimum atomic E-state index is -3.50. The number of benzene rings is 1. The Hall–Kier alpha value is -1.31. The third kappa shape index (κ3) is 2.39. The van der Waals surface area contributed by atoms with Crippen LogP contribution >= 0.6 is 0 Å². The van der Waals surface area contributed by atoms with E-state index < -0.39 is 10.0 Å². The topological polar surface area (TPSA) is 76.7 Å². The Morgan fingerprint density at radius 1 is 1.10 bits per heavy atom. The zero-order chi connectivity index (χ0) is 14.4. The van der Waals surface area contributed by atoms with Crippen LogP contribution in [0.1, 0.15) is 6.42 Å². The fourth-order valence-corrected chi connectivity index (χ4v) is 4.50. The maximum absolute atomic E-state index is 12.5. The van der Waals surface area contributed by atoms with Gasteiger partial charge in [-0.15, -0.1) is 0 Å². The van der Waals surface area contributed by atoms with E-state index in [0.717, 1.165) is 19.5 Å². The number of hydrogen-bond acceptors (Lipinski definition) is 5. The first-order valence-corrected chi connectivity index (χ1v) is 8.76. The maximum Gasteiger partial charge on any atom is 0.240 e. The third-order valence-electron chi connectivity index (χ3n) is 4.41. The Labute approximate surface area is 123 Å². The molecule has 2 unspecified atom stereocenters. The van der Waals surface area contributed by atoms with E-state index in [1.54, 1.807) is 18.2 Å². The first-order chi connectivity index (χ1) is 10.1. The molecule has 2 N–H and O–H groups in total. The largest absolute Gasteiger partial charge is 0.490 e. The molecule has 6 nitrogen and oxygen atoms in total. The molecule has 1 aromatic carbocycles. The normalized spacial score (nSPS) is 30.6. The molecular formula is C14H18N2O4S. The van der Waals surface area contributed by atoms with E-state index in [4.69, 9.17) is 9.47 Å². The van der Waals surface area contributed by atoms with Crippen molar-refractivity contribution in [1.29, 1.82) is 0 Å². The molecular weight excluding hydrogens is 292 g/mol. The van der Waals surface area contributed by atoms with Crippen LogP contribution in [-0.4, -0.2) is 40.8 Å². The fraction of sp³-hybridized carbons (Fsp3) is 0.571. The molecule has 3 aliphatic rings. The minimum Gasteiger partial charge on any atom is -0.490 e. The second-order valence-electron chi connectivity index (χ2n) is 5.79.